The van der Waals surface area contributed by atoms with E-state index in [0.717, 1.165) is 19.3 Å². The minimum atomic E-state index is -0.422. The van der Waals surface area contributed by atoms with Gasteiger partial charge in [-0.3, -0.25) is 28.8 Å². The summed E-state index contributed by atoms with van der Waals surface area (Å²) < 4.78 is 13.9. The van der Waals surface area contributed by atoms with E-state index in [2.05, 4.69) is 14.2 Å². The summed E-state index contributed by atoms with van der Waals surface area (Å²) >= 11 is 0. The molecule has 0 radical (unpaired) electrons. The van der Waals surface area contributed by atoms with Crippen LogP contribution < -0.4 is 0 Å². The molecule has 0 atom stereocenters. The van der Waals surface area contributed by atoms with Crippen LogP contribution in [0, 0.1) is 0 Å². The van der Waals surface area contributed by atoms with Gasteiger partial charge in [0.25, 0.3) is 0 Å². The first-order valence-electron chi connectivity index (χ1n) is 9.95. The first kappa shape index (κ1) is 36.3. The van der Waals surface area contributed by atoms with Gasteiger partial charge in [-0.25, -0.2) is 0 Å². The molecule has 0 aliphatic heterocycles. The third kappa shape index (κ3) is 39.1. The van der Waals surface area contributed by atoms with Crippen LogP contribution in [0.2, 0.25) is 0 Å². The Labute approximate surface area is 195 Å². The van der Waals surface area contributed by atoms with Gasteiger partial charge in [-0.05, 0) is 40.0 Å². The van der Waals surface area contributed by atoms with Crippen LogP contribution in [0.1, 0.15) is 80.1 Å². The number of hydrogen-bond acceptors (Lipinski definition) is 9. The fourth-order valence-corrected chi connectivity index (χ4v) is 1.41. The van der Waals surface area contributed by atoms with E-state index in [1.165, 1.54) is 20.8 Å². The van der Waals surface area contributed by atoms with E-state index < -0.39 is 17.9 Å². The van der Waals surface area contributed by atoms with Gasteiger partial charge in [-0.1, -0.05) is 20.8 Å². The van der Waals surface area contributed by atoms with Gasteiger partial charge in [0, 0.05) is 17.1 Å². The summed E-state index contributed by atoms with van der Waals surface area (Å²) in [5, 5.41) is 0. The molecule has 0 aromatic rings. The monoisotopic (exact) mass is 488 g/mol. The Hall–Kier alpha value is -2.06. The normalized spacial score (nSPS) is 8.71. The number of esters is 3. The Kier molecular flexibility index (Phi) is 30.4. The SMILES string of the molecule is CCCOC(=O)CC(C)=O.CCCOC(=O)CC(C)=O.CCCOC(=O)CC(C)=O.[Fe]. The van der Waals surface area contributed by atoms with Crippen molar-refractivity contribution in [2.24, 2.45) is 0 Å². The molecule has 31 heavy (non-hydrogen) atoms. The molecule has 0 N–H and O–H groups in total. The smallest absolute Gasteiger partial charge is 0.313 e. The fourth-order valence-electron chi connectivity index (χ4n) is 1.41. The van der Waals surface area contributed by atoms with Gasteiger partial charge in [-0.2, -0.15) is 0 Å². The maximum Gasteiger partial charge on any atom is 0.313 e. The Balaban J connectivity index is -0.000000174. The fraction of sp³-hybridized carbons (Fsp3) is 0.714. The van der Waals surface area contributed by atoms with E-state index in [0.29, 0.717) is 19.8 Å². The molecule has 0 saturated carbocycles. The van der Waals surface area contributed by atoms with Crippen molar-refractivity contribution in [2.45, 2.75) is 80.1 Å². The molecule has 0 unspecified atom stereocenters. The van der Waals surface area contributed by atoms with Crippen molar-refractivity contribution in [3.63, 3.8) is 0 Å². The average molecular weight is 488 g/mol. The molecule has 182 valence electrons. The molecule has 9 nitrogen and oxygen atoms in total. The maximum atomic E-state index is 10.6. The number of ketones is 3. The average Bonchev–Trinajstić information content (AvgIpc) is 2.62. The molecule has 0 bridgehead atoms. The van der Waals surface area contributed by atoms with Crippen LogP contribution in [0.25, 0.3) is 0 Å². The number of hydrogen-bond donors (Lipinski definition) is 0. The van der Waals surface area contributed by atoms with Gasteiger partial charge >= 0.3 is 17.9 Å². The van der Waals surface area contributed by atoms with Crippen molar-refractivity contribution in [3.8, 4) is 0 Å². The molecule has 0 amide bonds. The Bertz CT molecular complexity index is 469. The third-order valence-corrected chi connectivity index (χ3v) is 2.58. The van der Waals surface area contributed by atoms with E-state index in [-0.39, 0.29) is 53.7 Å². The summed E-state index contributed by atoms with van der Waals surface area (Å²) in [5.74, 6) is -1.72. The van der Waals surface area contributed by atoms with Gasteiger partial charge in [0.1, 0.15) is 36.6 Å². The van der Waals surface area contributed by atoms with Crippen molar-refractivity contribution in [3.05, 3.63) is 0 Å². The van der Waals surface area contributed by atoms with Crippen molar-refractivity contribution in [1.29, 1.82) is 0 Å². The Morgan fingerprint density at radius 2 is 0.677 bits per heavy atom. The molecule has 10 heteroatoms. The summed E-state index contributed by atoms with van der Waals surface area (Å²) in [7, 11) is 0. The largest absolute Gasteiger partial charge is 0.465 e. The van der Waals surface area contributed by atoms with E-state index in [1.54, 1.807) is 0 Å². The number of Topliss-reactive ketones (excluding diaryl/α,β-unsaturated/α-hetero) is 3. The molecule has 0 rings (SSSR count). The van der Waals surface area contributed by atoms with Gasteiger partial charge in [0.15, 0.2) is 0 Å². The van der Waals surface area contributed by atoms with Gasteiger partial charge in [0.05, 0.1) is 19.8 Å². The van der Waals surface area contributed by atoms with Gasteiger partial charge in [0.2, 0.25) is 0 Å². The Morgan fingerprint density at radius 3 is 0.806 bits per heavy atom. The molecular weight excluding hydrogens is 452 g/mol. The maximum absolute atomic E-state index is 10.6. The summed E-state index contributed by atoms with van der Waals surface area (Å²) in [5.41, 5.74) is 0. The van der Waals surface area contributed by atoms with Gasteiger partial charge in [-0.15, -0.1) is 0 Å². The van der Waals surface area contributed by atoms with Crippen LogP contribution in [0.5, 0.6) is 0 Å². The van der Waals surface area contributed by atoms with E-state index in [1.807, 2.05) is 20.8 Å². The molecule has 0 aliphatic rings. The van der Waals surface area contributed by atoms with Crippen molar-refractivity contribution < 1.29 is 60.0 Å². The van der Waals surface area contributed by atoms with Crippen molar-refractivity contribution >= 4 is 35.3 Å². The van der Waals surface area contributed by atoms with Gasteiger partial charge < -0.3 is 14.2 Å². The molecule has 0 fully saturated rings. The minimum absolute atomic E-state index is 0. The quantitative estimate of drug-likeness (QED) is 0.176. The predicted molar refractivity (Wildman–Crippen MR) is 110 cm³/mol. The first-order chi connectivity index (χ1) is 14.0. The second kappa shape index (κ2) is 26.0. The summed E-state index contributed by atoms with van der Waals surface area (Å²) in [6.07, 6.45) is 2.09. The van der Waals surface area contributed by atoms with Crippen LogP contribution in [-0.4, -0.2) is 55.1 Å². The minimum Gasteiger partial charge on any atom is -0.465 e. The summed E-state index contributed by atoms with van der Waals surface area (Å²) in [6.45, 7) is 11.0. The van der Waals surface area contributed by atoms with Crippen LogP contribution in [0.4, 0.5) is 0 Å². The second-order valence-corrected chi connectivity index (χ2v) is 6.30. The van der Waals surface area contributed by atoms with Crippen molar-refractivity contribution in [1.82, 2.24) is 0 Å². The van der Waals surface area contributed by atoms with E-state index in [4.69, 9.17) is 0 Å². The molecular formula is C21H36FeO9. The number of rotatable bonds is 12. The van der Waals surface area contributed by atoms with Crippen LogP contribution in [0.15, 0.2) is 0 Å². The second-order valence-electron chi connectivity index (χ2n) is 6.30. The molecule has 0 aromatic heterocycles. The molecule has 0 spiro atoms. The van der Waals surface area contributed by atoms with Crippen LogP contribution in [-0.2, 0) is 60.0 Å². The topological polar surface area (TPSA) is 130 Å². The van der Waals surface area contributed by atoms with E-state index in [9.17, 15) is 28.8 Å². The Morgan fingerprint density at radius 1 is 0.484 bits per heavy atom. The molecule has 0 saturated heterocycles. The first-order valence-corrected chi connectivity index (χ1v) is 9.95. The van der Waals surface area contributed by atoms with Crippen molar-refractivity contribution in [2.75, 3.05) is 19.8 Å². The molecule has 0 aromatic carbocycles. The zero-order valence-electron chi connectivity index (χ0n) is 19.4. The van der Waals surface area contributed by atoms with Crippen LogP contribution >= 0.6 is 0 Å². The molecule has 0 aliphatic carbocycles. The zero-order valence-corrected chi connectivity index (χ0v) is 20.5. The van der Waals surface area contributed by atoms with E-state index >= 15 is 0 Å². The molecule has 0 heterocycles. The number of ether oxygens (including phenoxy) is 3. The summed E-state index contributed by atoms with van der Waals surface area (Å²) in [6, 6.07) is 0. The third-order valence-electron chi connectivity index (χ3n) is 2.58. The predicted octanol–water partition coefficient (Wildman–Crippen LogP) is 2.75. The number of carbonyl (C=O) groups excluding carboxylic acids is 6. The standard InChI is InChI=1S/3C7H12O3.Fe/c3*1-3-4-10-7(9)5-6(2)8;/h3*3-5H2,1-2H3;. The number of carbonyl (C=O) groups is 6. The van der Waals surface area contributed by atoms with Crippen LogP contribution in [0.3, 0.4) is 0 Å². The zero-order chi connectivity index (χ0) is 23.9. The summed E-state index contributed by atoms with van der Waals surface area (Å²) in [4.78, 5) is 62.7.